The van der Waals surface area contributed by atoms with Crippen molar-refractivity contribution in [2.24, 2.45) is 11.8 Å². The lowest BCUT2D eigenvalue weighted by Gasteiger charge is -2.28. The Hall–Kier alpha value is -1.09. The Morgan fingerprint density at radius 1 is 1.42 bits per heavy atom. The molecule has 106 valence electrons. The van der Waals surface area contributed by atoms with Gasteiger partial charge in [0.2, 0.25) is 0 Å². The molecule has 0 spiro atoms. The normalized spacial score (nSPS) is 25.2. The maximum Gasteiger partial charge on any atom is 0.131 e. The molecule has 1 aliphatic rings. The first-order valence-electron chi connectivity index (χ1n) is 7.28. The van der Waals surface area contributed by atoms with E-state index in [9.17, 15) is 9.50 Å². The smallest absolute Gasteiger partial charge is 0.131 e. The highest BCUT2D eigenvalue weighted by Gasteiger charge is 2.20. The lowest BCUT2D eigenvalue weighted by molar-refractivity contribution is 0.268. The van der Waals surface area contributed by atoms with Crippen LogP contribution in [0.3, 0.4) is 0 Å². The van der Waals surface area contributed by atoms with Gasteiger partial charge in [0.05, 0.1) is 0 Å². The molecule has 0 bridgehead atoms. The van der Waals surface area contributed by atoms with Gasteiger partial charge in [0.15, 0.2) is 0 Å². The van der Waals surface area contributed by atoms with Crippen LogP contribution < -0.4 is 5.32 Å². The zero-order valence-electron chi connectivity index (χ0n) is 11.8. The number of phenolic OH excluding ortho intramolecular Hbond substituents is 1. The van der Waals surface area contributed by atoms with E-state index in [0.29, 0.717) is 11.5 Å². The summed E-state index contributed by atoms with van der Waals surface area (Å²) in [7, 11) is 0. The highest BCUT2D eigenvalue weighted by molar-refractivity contribution is 5.29. The quantitative estimate of drug-likeness (QED) is 0.862. The van der Waals surface area contributed by atoms with Crippen molar-refractivity contribution in [2.45, 2.75) is 45.6 Å². The van der Waals surface area contributed by atoms with Crippen molar-refractivity contribution < 1.29 is 9.50 Å². The molecule has 0 amide bonds. The van der Waals surface area contributed by atoms with Crippen LogP contribution in [-0.2, 0) is 0 Å². The Balaban J connectivity index is 1.88. The largest absolute Gasteiger partial charge is 0.508 e. The molecule has 3 atom stereocenters. The first kappa shape index (κ1) is 14.3. The van der Waals surface area contributed by atoms with E-state index in [2.05, 4.69) is 12.2 Å². The summed E-state index contributed by atoms with van der Waals surface area (Å²) in [6.07, 6.45) is 5.22. The fourth-order valence-electron chi connectivity index (χ4n) is 3.07. The van der Waals surface area contributed by atoms with Crippen LogP contribution in [0, 0.1) is 17.7 Å². The minimum Gasteiger partial charge on any atom is -0.508 e. The van der Waals surface area contributed by atoms with E-state index >= 15 is 0 Å². The summed E-state index contributed by atoms with van der Waals surface area (Å²) in [6, 6.07) is 4.36. The van der Waals surface area contributed by atoms with Crippen molar-refractivity contribution >= 4 is 0 Å². The average Bonchev–Trinajstić information content (AvgIpc) is 2.36. The topological polar surface area (TPSA) is 32.3 Å². The second-order valence-electron chi connectivity index (χ2n) is 5.97. The lowest BCUT2D eigenvalue weighted by atomic mass is 9.82. The molecule has 1 aromatic rings. The molecule has 0 aliphatic heterocycles. The molecule has 19 heavy (non-hydrogen) atoms. The van der Waals surface area contributed by atoms with Gasteiger partial charge < -0.3 is 10.4 Å². The molecular weight excluding hydrogens is 241 g/mol. The maximum absolute atomic E-state index is 13.7. The molecule has 2 N–H and O–H groups in total. The molecule has 0 aromatic heterocycles. The fourth-order valence-corrected chi connectivity index (χ4v) is 3.07. The van der Waals surface area contributed by atoms with Crippen molar-refractivity contribution in [3.8, 4) is 5.75 Å². The summed E-state index contributed by atoms with van der Waals surface area (Å²) in [4.78, 5) is 0. The van der Waals surface area contributed by atoms with Crippen LogP contribution in [-0.4, -0.2) is 11.7 Å². The summed E-state index contributed by atoms with van der Waals surface area (Å²) in [5.41, 5.74) is 0.627. The molecular formula is C16H24FNO. The number of phenols is 1. The summed E-state index contributed by atoms with van der Waals surface area (Å²) in [6.45, 7) is 5.24. The van der Waals surface area contributed by atoms with E-state index in [4.69, 9.17) is 0 Å². The molecule has 1 aromatic carbocycles. The molecule has 2 rings (SSSR count). The van der Waals surface area contributed by atoms with E-state index in [0.717, 1.165) is 12.5 Å². The number of hydrogen-bond donors (Lipinski definition) is 2. The van der Waals surface area contributed by atoms with Crippen LogP contribution >= 0.6 is 0 Å². The number of benzene rings is 1. The monoisotopic (exact) mass is 265 g/mol. The minimum atomic E-state index is -0.336. The Bertz CT molecular complexity index is 421. The zero-order chi connectivity index (χ0) is 13.8. The molecule has 0 heterocycles. The van der Waals surface area contributed by atoms with Crippen LogP contribution in [0.25, 0.3) is 0 Å². The van der Waals surface area contributed by atoms with E-state index < -0.39 is 0 Å². The second-order valence-corrected chi connectivity index (χ2v) is 5.97. The van der Waals surface area contributed by atoms with Crippen molar-refractivity contribution in [3.05, 3.63) is 29.6 Å². The first-order valence-corrected chi connectivity index (χ1v) is 7.28. The highest BCUT2D eigenvalue weighted by atomic mass is 19.1. The van der Waals surface area contributed by atoms with Gasteiger partial charge in [-0.05, 0) is 44.2 Å². The zero-order valence-corrected chi connectivity index (χ0v) is 11.8. The van der Waals surface area contributed by atoms with Crippen molar-refractivity contribution in [3.63, 3.8) is 0 Å². The van der Waals surface area contributed by atoms with Gasteiger partial charge in [-0.25, -0.2) is 4.39 Å². The van der Waals surface area contributed by atoms with Gasteiger partial charge in [-0.3, -0.25) is 0 Å². The molecule has 2 nitrogen and oxygen atoms in total. The van der Waals surface area contributed by atoms with Crippen molar-refractivity contribution in [1.82, 2.24) is 5.32 Å². The number of rotatable bonds is 4. The van der Waals surface area contributed by atoms with Gasteiger partial charge in [0, 0.05) is 17.7 Å². The summed E-state index contributed by atoms with van der Waals surface area (Å²) < 4.78 is 13.7. The number of halogens is 1. The van der Waals surface area contributed by atoms with E-state index in [1.54, 1.807) is 12.1 Å². The van der Waals surface area contributed by atoms with Gasteiger partial charge in [0.25, 0.3) is 0 Å². The molecule has 3 heteroatoms. The second kappa shape index (κ2) is 6.38. The number of hydrogen-bond acceptors (Lipinski definition) is 2. The standard InChI is InChI=1S/C16H24FNO/c1-11-4-3-5-13(8-11)10-18-12(2)15-7-6-14(19)9-16(15)17/h6-7,9,11-13,18-19H,3-5,8,10H2,1-2H3. The third-order valence-corrected chi connectivity index (χ3v) is 4.21. The third-order valence-electron chi connectivity index (χ3n) is 4.21. The van der Waals surface area contributed by atoms with Gasteiger partial charge >= 0.3 is 0 Å². The molecule has 3 unspecified atom stereocenters. The summed E-state index contributed by atoms with van der Waals surface area (Å²) >= 11 is 0. The van der Waals surface area contributed by atoms with Crippen LogP contribution in [0.5, 0.6) is 5.75 Å². The highest BCUT2D eigenvalue weighted by Crippen LogP contribution is 2.29. The Morgan fingerprint density at radius 3 is 2.89 bits per heavy atom. The Morgan fingerprint density at radius 2 is 2.21 bits per heavy atom. The third kappa shape index (κ3) is 3.93. The van der Waals surface area contributed by atoms with Crippen LogP contribution in [0.15, 0.2) is 18.2 Å². The lowest BCUT2D eigenvalue weighted by Crippen LogP contribution is -2.29. The number of aromatic hydroxyl groups is 1. The van der Waals surface area contributed by atoms with Crippen molar-refractivity contribution in [2.75, 3.05) is 6.54 Å². The molecule has 1 saturated carbocycles. The molecule has 0 radical (unpaired) electrons. The molecule has 1 fully saturated rings. The molecule has 1 aliphatic carbocycles. The SMILES string of the molecule is CC1CCCC(CNC(C)c2ccc(O)cc2F)C1. The Kier molecular flexibility index (Phi) is 4.81. The number of nitrogens with one attached hydrogen (secondary N) is 1. The average molecular weight is 265 g/mol. The molecule has 0 saturated heterocycles. The van der Waals surface area contributed by atoms with Crippen LogP contribution in [0.1, 0.15) is 51.1 Å². The van der Waals surface area contributed by atoms with Gasteiger partial charge in [-0.2, -0.15) is 0 Å². The van der Waals surface area contributed by atoms with E-state index in [-0.39, 0.29) is 17.6 Å². The minimum absolute atomic E-state index is 0.0159. The van der Waals surface area contributed by atoms with Crippen molar-refractivity contribution in [1.29, 1.82) is 0 Å². The van der Waals surface area contributed by atoms with Gasteiger partial charge in [-0.1, -0.05) is 25.8 Å². The van der Waals surface area contributed by atoms with Gasteiger partial charge in [-0.15, -0.1) is 0 Å². The first-order chi connectivity index (χ1) is 9.06. The predicted molar refractivity (Wildman–Crippen MR) is 75.6 cm³/mol. The van der Waals surface area contributed by atoms with Crippen LogP contribution in [0.4, 0.5) is 4.39 Å². The summed E-state index contributed by atoms with van der Waals surface area (Å²) in [5.74, 6) is 1.18. The van der Waals surface area contributed by atoms with E-state index in [1.165, 1.54) is 31.7 Å². The fraction of sp³-hybridized carbons (Fsp3) is 0.625. The van der Waals surface area contributed by atoms with E-state index in [1.807, 2.05) is 6.92 Å². The predicted octanol–water partition coefficient (Wildman–Crippen LogP) is 4.01. The Labute approximate surface area is 115 Å². The maximum atomic E-state index is 13.7. The van der Waals surface area contributed by atoms with Crippen LogP contribution in [0.2, 0.25) is 0 Å². The van der Waals surface area contributed by atoms with Gasteiger partial charge in [0.1, 0.15) is 11.6 Å². The summed E-state index contributed by atoms with van der Waals surface area (Å²) in [5, 5.41) is 12.6.